The molecule has 16 heavy (non-hydrogen) atoms. The summed E-state index contributed by atoms with van der Waals surface area (Å²) in [4.78, 5) is 0. The molecule has 0 aliphatic heterocycles. The molecular formula is C15H15N. The molecule has 1 nitrogen and oxygen atoms in total. The van der Waals surface area contributed by atoms with Gasteiger partial charge in [-0.3, -0.25) is 0 Å². The van der Waals surface area contributed by atoms with E-state index in [2.05, 4.69) is 48.2 Å². The van der Waals surface area contributed by atoms with Crippen LogP contribution in [0.3, 0.4) is 0 Å². The molecule has 0 aliphatic carbocycles. The van der Waals surface area contributed by atoms with Crippen molar-refractivity contribution in [2.45, 2.75) is 12.8 Å². The van der Waals surface area contributed by atoms with Gasteiger partial charge in [0.05, 0.1) is 0 Å². The molecule has 0 fully saturated rings. The standard InChI is InChI=1S/C15H15N/c16-11-5-1-2-6-13-9-10-14-7-3-4-8-15(14)12-13/h3-4,7-10,12H,1,5,11,16H2. The summed E-state index contributed by atoms with van der Waals surface area (Å²) in [7, 11) is 0. The van der Waals surface area contributed by atoms with E-state index in [1.54, 1.807) is 0 Å². The molecule has 1 heteroatoms. The van der Waals surface area contributed by atoms with Gasteiger partial charge in [-0.25, -0.2) is 0 Å². The average molecular weight is 209 g/mol. The van der Waals surface area contributed by atoms with Crippen LogP contribution in [0.15, 0.2) is 42.5 Å². The van der Waals surface area contributed by atoms with Crippen molar-refractivity contribution in [3.8, 4) is 11.8 Å². The predicted octanol–water partition coefficient (Wildman–Crippen LogP) is 2.93. The Morgan fingerprint density at radius 3 is 2.62 bits per heavy atom. The maximum atomic E-state index is 5.41. The van der Waals surface area contributed by atoms with Crippen LogP contribution in [-0.2, 0) is 0 Å². The van der Waals surface area contributed by atoms with Crippen LogP contribution in [0.4, 0.5) is 0 Å². The maximum absolute atomic E-state index is 5.41. The fraction of sp³-hybridized carbons (Fsp3) is 0.200. The predicted molar refractivity (Wildman–Crippen MR) is 69.1 cm³/mol. The first-order valence-corrected chi connectivity index (χ1v) is 5.58. The van der Waals surface area contributed by atoms with Gasteiger partial charge in [-0.2, -0.15) is 0 Å². The minimum Gasteiger partial charge on any atom is -0.330 e. The zero-order valence-electron chi connectivity index (χ0n) is 9.24. The topological polar surface area (TPSA) is 26.0 Å². The quantitative estimate of drug-likeness (QED) is 0.597. The minimum atomic E-state index is 0.715. The highest BCUT2D eigenvalue weighted by Gasteiger charge is 1.92. The Morgan fingerprint density at radius 2 is 1.81 bits per heavy atom. The van der Waals surface area contributed by atoms with E-state index in [1.165, 1.54) is 10.8 Å². The van der Waals surface area contributed by atoms with Crippen LogP contribution >= 0.6 is 0 Å². The van der Waals surface area contributed by atoms with Gasteiger partial charge in [-0.15, -0.1) is 0 Å². The minimum absolute atomic E-state index is 0.715. The summed E-state index contributed by atoms with van der Waals surface area (Å²) in [6, 6.07) is 14.6. The first-order chi connectivity index (χ1) is 7.90. The second-order valence-electron chi connectivity index (χ2n) is 3.76. The summed E-state index contributed by atoms with van der Waals surface area (Å²) in [5.74, 6) is 6.30. The van der Waals surface area contributed by atoms with Crippen LogP contribution in [0, 0.1) is 11.8 Å². The lowest BCUT2D eigenvalue weighted by Crippen LogP contribution is -1.96. The molecule has 2 N–H and O–H groups in total. The second-order valence-corrected chi connectivity index (χ2v) is 3.76. The second kappa shape index (κ2) is 5.34. The number of hydrogen-bond acceptors (Lipinski definition) is 1. The molecule has 0 aromatic heterocycles. The smallest absolute Gasteiger partial charge is 0.0251 e. The average Bonchev–Trinajstić information content (AvgIpc) is 2.34. The van der Waals surface area contributed by atoms with Crippen molar-refractivity contribution in [3.05, 3.63) is 48.0 Å². The molecule has 0 unspecified atom stereocenters. The van der Waals surface area contributed by atoms with E-state index < -0.39 is 0 Å². The fourth-order valence-corrected chi connectivity index (χ4v) is 1.62. The first kappa shape index (κ1) is 10.7. The van der Waals surface area contributed by atoms with Crippen LogP contribution in [0.5, 0.6) is 0 Å². The Bertz CT molecular complexity index is 532. The van der Waals surface area contributed by atoms with Crippen LogP contribution in [0.1, 0.15) is 18.4 Å². The van der Waals surface area contributed by atoms with Crippen molar-refractivity contribution >= 4 is 10.8 Å². The van der Waals surface area contributed by atoms with Gasteiger partial charge in [0, 0.05) is 12.0 Å². The molecule has 2 rings (SSSR count). The summed E-state index contributed by atoms with van der Waals surface area (Å²) < 4.78 is 0. The monoisotopic (exact) mass is 209 g/mol. The van der Waals surface area contributed by atoms with E-state index in [1.807, 2.05) is 6.07 Å². The molecule has 80 valence electrons. The Balaban J connectivity index is 2.21. The lowest BCUT2D eigenvalue weighted by atomic mass is 10.1. The van der Waals surface area contributed by atoms with Crippen LogP contribution in [0.2, 0.25) is 0 Å². The third-order valence-electron chi connectivity index (χ3n) is 2.49. The van der Waals surface area contributed by atoms with E-state index in [4.69, 9.17) is 5.73 Å². The zero-order chi connectivity index (χ0) is 11.2. The Hall–Kier alpha value is -1.78. The van der Waals surface area contributed by atoms with Crippen LogP contribution in [0.25, 0.3) is 10.8 Å². The molecular weight excluding hydrogens is 194 g/mol. The van der Waals surface area contributed by atoms with Crippen molar-refractivity contribution < 1.29 is 0 Å². The highest BCUT2D eigenvalue weighted by molar-refractivity contribution is 5.83. The van der Waals surface area contributed by atoms with Crippen molar-refractivity contribution in [1.82, 2.24) is 0 Å². The molecule has 0 aliphatic rings. The van der Waals surface area contributed by atoms with Crippen LogP contribution in [-0.4, -0.2) is 6.54 Å². The van der Waals surface area contributed by atoms with E-state index in [0.29, 0.717) is 6.54 Å². The highest BCUT2D eigenvalue weighted by Crippen LogP contribution is 2.14. The lowest BCUT2D eigenvalue weighted by Gasteiger charge is -1.97. The van der Waals surface area contributed by atoms with E-state index in [9.17, 15) is 0 Å². The summed E-state index contributed by atoms with van der Waals surface area (Å²) >= 11 is 0. The molecule has 0 heterocycles. The molecule has 2 aromatic rings. The molecule has 2 aromatic carbocycles. The number of unbranched alkanes of at least 4 members (excludes halogenated alkanes) is 1. The zero-order valence-corrected chi connectivity index (χ0v) is 9.24. The van der Waals surface area contributed by atoms with Gasteiger partial charge in [0.15, 0.2) is 0 Å². The first-order valence-electron chi connectivity index (χ1n) is 5.58. The maximum Gasteiger partial charge on any atom is 0.0251 e. The number of benzene rings is 2. The van der Waals surface area contributed by atoms with Crippen molar-refractivity contribution in [2.75, 3.05) is 6.54 Å². The van der Waals surface area contributed by atoms with Crippen molar-refractivity contribution in [3.63, 3.8) is 0 Å². The van der Waals surface area contributed by atoms with Gasteiger partial charge in [-0.05, 0) is 35.9 Å². The largest absolute Gasteiger partial charge is 0.330 e. The third kappa shape index (κ3) is 2.62. The molecule has 0 saturated heterocycles. The van der Waals surface area contributed by atoms with Gasteiger partial charge in [0.25, 0.3) is 0 Å². The fourth-order valence-electron chi connectivity index (χ4n) is 1.62. The number of fused-ring (bicyclic) bond motifs is 1. The van der Waals surface area contributed by atoms with Gasteiger partial charge in [-0.1, -0.05) is 42.2 Å². The van der Waals surface area contributed by atoms with E-state index in [0.717, 1.165) is 18.4 Å². The summed E-state index contributed by atoms with van der Waals surface area (Å²) in [6.45, 7) is 0.715. The summed E-state index contributed by atoms with van der Waals surface area (Å²) in [5.41, 5.74) is 6.49. The molecule has 0 bridgehead atoms. The number of nitrogens with two attached hydrogens (primary N) is 1. The third-order valence-corrected chi connectivity index (χ3v) is 2.49. The van der Waals surface area contributed by atoms with Crippen molar-refractivity contribution in [1.29, 1.82) is 0 Å². The van der Waals surface area contributed by atoms with Crippen LogP contribution < -0.4 is 5.73 Å². The molecule has 0 atom stereocenters. The Morgan fingerprint density at radius 1 is 1.00 bits per heavy atom. The van der Waals surface area contributed by atoms with Gasteiger partial charge in [0.2, 0.25) is 0 Å². The Kier molecular flexibility index (Phi) is 3.58. The number of hydrogen-bond donors (Lipinski definition) is 1. The molecule has 0 saturated carbocycles. The van der Waals surface area contributed by atoms with Crippen molar-refractivity contribution in [2.24, 2.45) is 5.73 Å². The number of rotatable bonds is 2. The SMILES string of the molecule is NCCCC#Cc1ccc2ccccc2c1. The van der Waals surface area contributed by atoms with Gasteiger partial charge in [0.1, 0.15) is 0 Å². The Labute approximate surface area is 96.3 Å². The van der Waals surface area contributed by atoms with Gasteiger partial charge >= 0.3 is 0 Å². The highest BCUT2D eigenvalue weighted by atomic mass is 14.5. The van der Waals surface area contributed by atoms with Gasteiger partial charge < -0.3 is 5.73 Å². The molecule has 0 radical (unpaired) electrons. The molecule has 0 spiro atoms. The molecule has 0 amide bonds. The normalized spacial score (nSPS) is 9.81. The summed E-state index contributed by atoms with van der Waals surface area (Å²) in [5, 5.41) is 2.50. The van der Waals surface area contributed by atoms with E-state index in [-0.39, 0.29) is 0 Å². The van der Waals surface area contributed by atoms with E-state index >= 15 is 0 Å². The summed E-state index contributed by atoms with van der Waals surface area (Å²) in [6.07, 6.45) is 1.85. The lowest BCUT2D eigenvalue weighted by molar-refractivity contribution is 0.870.